The third-order valence-corrected chi connectivity index (χ3v) is 3.32. The van der Waals surface area contributed by atoms with Crippen molar-refractivity contribution in [2.45, 2.75) is 39.2 Å². The third kappa shape index (κ3) is 4.49. The standard InChI is InChI=1S/C12H26N2O/c1-3-13-12-8-11(6-5-7-15)9-14(4-2)10-12/h11-13,15H,3-10H2,1-2H3. The summed E-state index contributed by atoms with van der Waals surface area (Å²) in [5, 5.41) is 12.4. The molecule has 3 heteroatoms. The van der Waals surface area contributed by atoms with Crippen molar-refractivity contribution in [1.82, 2.24) is 10.2 Å². The van der Waals surface area contributed by atoms with Gasteiger partial charge in [0.1, 0.15) is 0 Å². The van der Waals surface area contributed by atoms with E-state index in [9.17, 15) is 0 Å². The van der Waals surface area contributed by atoms with Crippen LogP contribution in [0.15, 0.2) is 0 Å². The Kier molecular flexibility index (Phi) is 6.22. The quantitative estimate of drug-likeness (QED) is 0.694. The van der Waals surface area contributed by atoms with E-state index in [-0.39, 0.29) is 0 Å². The van der Waals surface area contributed by atoms with Gasteiger partial charge in [-0.1, -0.05) is 13.8 Å². The molecule has 0 saturated carbocycles. The second-order valence-corrected chi connectivity index (χ2v) is 4.57. The van der Waals surface area contributed by atoms with Crippen molar-refractivity contribution in [2.75, 3.05) is 32.8 Å². The molecule has 15 heavy (non-hydrogen) atoms. The average molecular weight is 214 g/mol. The lowest BCUT2D eigenvalue weighted by molar-refractivity contribution is 0.136. The molecular formula is C12H26N2O. The van der Waals surface area contributed by atoms with Crippen LogP contribution in [0.25, 0.3) is 0 Å². The van der Waals surface area contributed by atoms with Crippen molar-refractivity contribution in [3.05, 3.63) is 0 Å². The van der Waals surface area contributed by atoms with Crippen molar-refractivity contribution < 1.29 is 5.11 Å². The van der Waals surface area contributed by atoms with Gasteiger partial charge in [0.25, 0.3) is 0 Å². The van der Waals surface area contributed by atoms with Crippen LogP contribution in [0.5, 0.6) is 0 Å². The fraction of sp³-hybridized carbons (Fsp3) is 1.00. The SMILES string of the molecule is CCNC1CC(CCCO)CN(CC)C1. The topological polar surface area (TPSA) is 35.5 Å². The van der Waals surface area contributed by atoms with Crippen LogP contribution in [0, 0.1) is 5.92 Å². The second kappa shape index (κ2) is 7.20. The van der Waals surface area contributed by atoms with Gasteiger partial charge in [0.15, 0.2) is 0 Å². The Morgan fingerprint density at radius 2 is 2.13 bits per heavy atom. The van der Waals surface area contributed by atoms with Gasteiger partial charge in [-0.2, -0.15) is 0 Å². The predicted octanol–water partition coefficient (Wildman–Crippen LogP) is 1.08. The summed E-state index contributed by atoms with van der Waals surface area (Å²) in [6.45, 7) is 9.38. The Morgan fingerprint density at radius 1 is 1.33 bits per heavy atom. The monoisotopic (exact) mass is 214 g/mol. The van der Waals surface area contributed by atoms with Crippen LogP contribution >= 0.6 is 0 Å². The summed E-state index contributed by atoms with van der Waals surface area (Å²) in [6, 6.07) is 0.660. The first kappa shape index (κ1) is 12.9. The van der Waals surface area contributed by atoms with E-state index in [2.05, 4.69) is 24.1 Å². The molecule has 2 atom stereocenters. The molecule has 0 radical (unpaired) electrons. The summed E-state index contributed by atoms with van der Waals surface area (Å²) in [5.74, 6) is 0.773. The first-order valence-electron chi connectivity index (χ1n) is 6.36. The van der Waals surface area contributed by atoms with Crippen molar-refractivity contribution in [3.8, 4) is 0 Å². The van der Waals surface area contributed by atoms with E-state index in [4.69, 9.17) is 5.11 Å². The normalized spacial score (nSPS) is 28.2. The Balaban J connectivity index is 2.36. The van der Waals surface area contributed by atoms with Gasteiger partial charge >= 0.3 is 0 Å². The fourth-order valence-corrected chi connectivity index (χ4v) is 2.59. The number of piperidine rings is 1. The molecule has 0 aromatic heterocycles. The van der Waals surface area contributed by atoms with Gasteiger partial charge in [0.05, 0.1) is 0 Å². The van der Waals surface area contributed by atoms with Crippen molar-refractivity contribution in [3.63, 3.8) is 0 Å². The highest BCUT2D eigenvalue weighted by Crippen LogP contribution is 2.21. The smallest absolute Gasteiger partial charge is 0.0431 e. The van der Waals surface area contributed by atoms with Gasteiger partial charge in [-0.15, -0.1) is 0 Å². The molecule has 0 aliphatic carbocycles. The summed E-state index contributed by atoms with van der Waals surface area (Å²) in [6.07, 6.45) is 3.42. The molecule has 0 spiro atoms. The molecule has 90 valence electrons. The zero-order chi connectivity index (χ0) is 11.1. The summed E-state index contributed by atoms with van der Waals surface area (Å²) in [4.78, 5) is 2.53. The Hall–Kier alpha value is -0.120. The molecule has 2 unspecified atom stereocenters. The summed E-state index contributed by atoms with van der Waals surface area (Å²) >= 11 is 0. The first-order valence-corrected chi connectivity index (χ1v) is 6.36. The van der Waals surface area contributed by atoms with Crippen molar-refractivity contribution in [2.24, 2.45) is 5.92 Å². The van der Waals surface area contributed by atoms with Gasteiger partial charge in [-0.3, -0.25) is 0 Å². The molecular weight excluding hydrogens is 188 g/mol. The zero-order valence-electron chi connectivity index (χ0n) is 10.2. The molecule has 1 aliphatic rings. The number of hydrogen-bond acceptors (Lipinski definition) is 3. The lowest BCUT2D eigenvalue weighted by Crippen LogP contribution is -2.49. The molecule has 0 aromatic carbocycles. The molecule has 1 rings (SSSR count). The number of likely N-dealkylation sites (N-methyl/N-ethyl adjacent to an activating group) is 2. The van der Waals surface area contributed by atoms with Crippen LogP contribution in [0.4, 0.5) is 0 Å². The van der Waals surface area contributed by atoms with Crippen molar-refractivity contribution in [1.29, 1.82) is 0 Å². The van der Waals surface area contributed by atoms with E-state index in [0.717, 1.165) is 25.4 Å². The van der Waals surface area contributed by atoms with Crippen LogP contribution in [-0.2, 0) is 0 Å². The molecule has 3 nitrogen and oxygen atoms in total. The summed E-state index contributed by atoms with van der Waals surface area (Å²) in [7, 11) is 0. The van der Waals surface area contributed by atoms with Gasteiger partial charge in [0, 0.05) is 25.7 Å². The maximum Gasteiger partial charge on any atom is 0.0431 e. The molecule has 0 amide bonds. The number of hydrogen-bond donors (Lipinski definition) is 2. The highest BCUT2D eigenvalue weighted by Gasteiger charge is 2.25. The number of nitrogens with one attached hydrogen (secondary N) is 1. The number of likely N-dealkylation sites (tertiary alicyclic amines) is 1. The van der Waals surface area contributed by atoms with E-state index in [1.807, 2.05) is 0 Å². The lowest BCUT2D eigenvalue weighted by atomic mass is 9.90. The van der Waals surface area contributed by atoms with Gasteiger partial charge < -0.3 is 15.3 Å². The van der Waals surface area contributed by atoms with Crippen LogP contribution < -0.4 is 5.32 Å². The summed E-state index contributed by atoms with van der Waals surface area (Å²) in [5.41, 5.74) is 0. The molecule has 1 fully saturated rings. The average Bonchev–Trinajstić information content (AvgIpc) is 2.26. The van der Waals surface area contributed by atoms with E-state index < -0.39 is 0 Å². The van der Waals surface area contributed by atoms with E-state index in [1.165, 1.54) is 25.9 Å². The van der Waals surface area contributed by atoms with E-state index in [1.54, 1.807) is 0 Å². The van der Waals surface area contributed by atoms with E-state index >= 15 is 0 Å². The Bertz CT molecular complexity index is 164. The largest absolute Gasteiger partial charge is 0.396 e. The zero-order valence-corrected chi connectivity index (χ0v) is 10.2. The number of rotatable bonds is 6. The highest BCUT2D eigenvalue weighted by atomic mass is 16.2. The fourth-order valence-electron chi connectivity index (χ4n) is 2.59. The van der Waals surface area contributed by atoms with Crippen LogP contribution in [0.3, 0.4) is 0 Å². The van der Waals surface area contributed by atoms with E-state index in [0.29, 0.717) is 12.6 Å². The molecule has 0 bridgehead atoms. The lowest BCUT2D eigenvalue weighted by Gasteiger charge is -2.37. The minimum Gasteiger partial charge on any atom is -0.396 e. The van der Waals surface area contributed by atoms with Crippen LogP contribution in [0.2, 0.25) is 0 Å². The second-order valence-electron chi connectivity index (χ2n) is 4.57. The molecule has 1 aliphatic heterocycles. The maximum absolute atomic E-state index is 8.86. The third-order valence-electron chi connectivity index (χ3n) is 3.32. The Morgan fingerprint density at radius 3 is 2.73 bits per heavy atom. The molecule has 1 heterocycles. The van der Waals surface area contributed by atoms with Gasteiger partial charge in [0.2, 0.25) is 0 Å². The summed E-state index contributed by atoms with van der Waals surface area (Å²) < 4.78 is 0. The molecule has 0 aromatic rings. The number of nitrogens with zero attached hydrogens (tertiary/aromatic N) is 1. The minimum absolute atomic E-state index is 0.342. The molecule has 2 N–H and O–H groups in total. The van der Waals surface area contributed by atoms with Crippen LogP contribution in [0.1, 0.15) is 33.1 Å². The minimum atomic E-state index is 0.342. The van der Waals surface area contributed by atoms with Gasteiger partial charge in [-0.05, 0) is 38.3 Å². The van der Waals surface area contributed by atoms with Gasteiger partial charge in [-0.25, -0.2) is 0 Å². The highest BCUT2D eigenvalue weighted by molar-refractivity contribution is 4.82. The Labute approximate surface area is 93.9 Å². The first-order chi connectivity index (χ1) is 7.30. The van der Waals surface area contributed by atoms with Crippen molar-refractivity contribution >= 4 is 0 Å². The number of aliphatic hydroxyl groups excluding tert-OH is 1. The maximum atomic E-state index is 8.86. The molecule has 1 saturated heterocycles. The van der Waals surface area contributed by atoms with Crippen LogP contribution in [-0.4, -0.2) is 48.8 Å². The number of aliphatic hydroxyl groups is 1. The predicted molar refractivity (Wildman–Crippen MR) is 64.0 cm³/mol.